The number of Topliss-reactive ketones (excluding diaryl/α,β-unsaturated/α-hetero) is 1. The molecule has 2 fully saturated rings. The van der Waals surface area contributed by atoms with E-state index in [0.717, 1.165) is 0 Å². The van der Waals surface area contributed by atoms with Crippen LogP contribution in [0.4, 0.5) is 0 Å². The summed E-state index contributed by atoms with van der Waals surface area (Å²) in [6, 6.07) is -0.924. The van der Waals surface area contributed by atoms with Gasteiger partial charge in [-0.3, -0.25) is 24.0 Å². The Labute approximate surface area is 212 Å². The van der Waals surface area contributed by atoms with Crippen molar-refractivity contribution in [1.82, 2.24) is 10.2 Å². The number of nitrogens with one attached hydrogen (secondary N) is 1. The number of hydrogen-bond donors (Lipinski definition) is 1. The Morgan fingerprint density at radius 2 is 1.91 bits per heavy atom. The molecule has 35 heavy (non-hydrogen) atoms. The molecule has 2 heterocycles. The van der Waals surface area contributed by atoms with E-state index in [0.29, 0.717) is 0 Å². The van der Waals surface area contributed by atoms with Gasteiger partial charge in [0.05, 0.1) is 18.9 Å². The average molecular weight is 536 g/mol. The molecule has 0 saturated carbocycles. The minimum absolute atomic E-state index is 0.0158. The normalized spacial score (nSPS) is 24.1. The Morgan fingerprint density at radius 1 is 1.23 bits per heavy atom. The summed E-state index contributed by atoms with van der Waals surface area (Å²) in [6.07, 6.45) is 0.161. The van der Waals surface area contributed by atoms with E-state index in [4.69, 9.17) is 25.8 Å². The second-order valence-electron chi connectivity index (χ2n) is 9.31. The van der Waals surface area contributed by atoms with Gasteiger partial charge < -0.3 is 29.3 Å². The van der Waals surface area contributed by atoms with Crippen molar-refractivity contribution in [3.63, 3.8) is 0 Å². The standard InChI is InChI=1S/C21H30ClN3O9S/c1-20(2,3)6-13(27)33-11-34-19(30)21(9-31-4)8-25-17(29)15(18(25)35-10-21)23-16(28)14(24-32-5)12(26)7-22/h15,18H,6-11H2,1-5H3,(H,23,28)/t15?,18-,21?/m1/s1. The number of fused-ring (bicyclic) bond motifs is 1. The Bertz CT molecular complexity index is 892. The number of β-lactam (4-membered cyclic amide) rings is 1. The monoisotopic (exact) mass is 535 g/mol. The van der Waals surface area contributed by atoms with Crippen molar-refractivity contribution in [1.29, 1.82) is 0 Å². The van der Waals surface area contributed by atoms with E-state index in [1.54, 1.807) is 0 Å². The third-order valence-electron chi connectivity index (χ3n) is 5.15. The molecule has 14 heteroatoms. The van der Waals surface area contributed by atoms with Crippen LogP contribution in [0.15, 0.2) is 5.16 Å². The fourth-order valence-corrected chi connectivity index (χ4v) is 5.19. The first-order valence-electron chi connectivity index (χ1n) is 10.6. The van der Waals surface area contributed by atoms with E-state index in [2.05, 4.69) is 15.3 Å². The van der Waals surface area contributed by atoms with Gasteiger partial charge in [-0.15, -0.1) is 23.4 Å². The summed E-state index contributed by atoms with van der Waals surface area (Å²) in [4.78, 5) is 67.7. The molecule has 0 bridgehead atoms. The number of halogens is 1. The van der Waals surface area contributed by atoms with Crippen molar-refractivity contribution in [2.75, 3.05) is 45.8 Å². The van der Waals surface area contributed by atoms with Crippen LogP contribution in [0, 0.1) is 10.8 Å². The molecular formula is C21H30ClN3O9S. The molecular weight excluding hydrogens is 506 g/mol. The number of nitrogens with zero attached hydrogens (tertiary/aromatic N) is 2. The maximum absolute atomic E-state index is 12.9. The van der Waals surface area contributed by atoms with Crippen LogP contribution in [-0.4, -0.2) is 97.4 Å². The third-order valence-corrected chi connectivity index (χ3v) is 6.98. The molecule has 196 valence electrons. The molecule has 2 aliphatic heterocycles. The number of hydrogen-bond acceptors (Lipinski definition) is 11. The zero-order chi connectivity index (χ0) is 26.4. The molecule has 0 aromatic carbocycles. The Morgan fingerprint density at radius 3 is 2.49 bits per heavy atom. The van der Waals surface area contributed by atoms with Crippen molar-refractivity contribution >= 4 is 58.6 Å². The van der Waals surface area contributed by atoms with Crippen LogP contribution in [0.1, 0.15) is 27.2 Å². The first-order valence-corrected chi connectivity index (χ1v) is 12.2. The van der Waals surface area contributed by atoms with Gasteiger partial charge in [0, 0.05) is 19.4 Å². The molecule has 0 radical (unpaired) electrons. The third kappa shape index (κ3) is 7.07. The van der Waals surface area contributed by atoms with Gasteiger partial charge in [-0.05, 0) is 5.41 Å². The molecule has 0 aliphatic carbocycles. The van der Waals surface area contributed by atoms with Gasteiger partial charge in [0.25, 0.3) is 5.91 Å². The summed E-state index contributed by atoms with van der Waals surface area (Å²) in [6.45, 7) is 5.05. The second-order valence-corrected chi connectivity index (χ2v) is 10.7. The largest absolute Gasteiger partial charge is 0.428 e. The lowest BCUT2D eigenvalue weighted by Crippen LogP contribution is -2.74. The predicted molar refractivity (Wildman–Crippen MR) is 125 cm³/mol. The number of ketones is 1. The molecule has 0 aromatic heterocycles. The highest BCUT2D eigenvalue weighted by Crippen LogP contribution is 2.42. The fourth-order valence-electron chi connectivity index (χ4n) is 3.54. The van der Waals surface area contributed by atoms with E-state index in [1.807, 2.05) is 20.8 Å². The maximum atomic E-state index is 12.9. The summed E-state index contributed by atoms with van der Waals surface area (Å²) in [5.74, 6) is -3.52. The summed E-state index contributed by atoms with van der Waals surface area (Å²) < 4.78 is 15.4. The number of rotatable bonds is 11. The van der Waals surface area contributed by atoms with Crippen LogP contribution in [-0.2, 0) is 43.0 Å². The fraction of sp³-hybridized carbons (Fsp3) is 0.714. The van der Waals surface area contributed by atoms with Gasteiger partial charge in [-0.2, -0.15) is 0 Å². The van der Waals surface area contributed by atoms with Crippen LogP contribution in [0.2, 0.25) is 0 Å². The van der Waals surface area contributed by atoms with Gasteiger partial charge in [0.2, 0.25) is 24.2 Å². The highest BCUT2D eigenvalue weighted by molar-refractivity contribution is 8.00. The molecule has 2 amide bonds. The van der Waals surface area contributed by atoms with Crippen LogP contribution < -0.4 is 5.32 Å². The number of amides is 2. The molecule has 0 spiro atoms. The minimum Gasteiger partial charge on any atom is -0.428 e. The molecule has 3 atom stereocenters. The Hall–Kier alpha value is -2.38. The number of methoxy groups -OCH3 is 1. The van der Waals surface area contributed by atoms with Crippen molar-refractivity contribution in [2.24, 2.45) is 16.0 Å². The van der Waals surface area contributed by atoms with Gasteiger partial charge >= 0.3 is 11.9 Å². The lowest BCUT2D eigenvalue weighted by Gasteiger charge is -2.53. The lowest BCUT2D eigenvalue weighted by atomic mass is 9.88. The summed E-state index contributed by atoms with van der Waals surface area (Å²) in [7, 11) is 2.59. The number of thioether (sulfide) groups is 1. The summed E-state index contributed by atoms with van der Waals surface area (Å²) in [5, 5.41) is 5.40. The SMILES string of the molecule is COCC1(C(=O)OCOC(=O)CC(C)(C)C)CS[C@@H]2C(NC(=O)C(=NOC)C(=O)CCl)C(=O)N2C1. The van der Waals surface area contributed by atoms with Crippen LogP contribution in [0.25, 0.3) is 0 Å². The smallest absolute Gasteiger partial charge is 0.319 e. The molecule has 0 aromatic rings. The van der Waals surface area contributed by atoms with E-state index in [9.17, 15) is 24.0 Å². The minimum atomic E-state index is -1.19. The van der Waals surface area contributed by atoms with Crippen molar-refractivity contribution in [2.45, 2.75) is 38.6 Å². The summed E-state index contributed by atoms with van der Waals surface area (Å²) >= 11 is 6.74. The van der Waals surface area contributed by atoms with E-state index >= 15 is 0 Å². The number of oxime groups is 1. The zero-order valence-corrected chi connectivity index (χ0v) is 21.8. The first-order chi connectivity index (χ1) is 16.4. The molecule has 1 N–H and O–H groups in total. The van der Waals surface area contributed by atoms with E-state index in [-0.39, 0.29) is 30.7 Å². The number of carbonyl (C=O) groups excluding carboxylic acids is 5. The van der Waals surface area contributed by atoms with Gasteiger partial charge in [0.15, 0.2) is 0 Å². The first kappa shape index (κ1) is 28.9. The van der Waals surface area contributed by atoms with Crippen molar-refractivity contribution in [3.8, 4) is 0 Å². The molecule has 12 nitrogen and oxygen atoms in total. The number of carbonyl (C=O) groups is 5. The van der Waals surface area contributed by atoms with Gasteiger partial charge in [-0.25, -0.2) is 0 Å². The Balaban J connectivity index is 2.00. The van der Waals surface area contributed by atoms with Crippen molar-refractivity contribution in [3.05, 3.63) is 0 Å². The van der Waals surface area contributed by atoms with E-state index in [1.165, 1.54) is 30.9 Å². The van der Waals surface area contributed by atoms with Gasteiger partial charge in [0.1, 0.15) is 23.9 Å². The lowest BCUT2D eigenvalue weighted by molar-refractivity contribution is -0.180. The topological polar surface area (TPSA) is 150 Å². The van der Waals surface area contributed by atoms with Crippen LogP contribution in [0.3, 0.4) is 0 Å². The van der Waals surface area contributed by atoms with Crippen LogP contribution >= 0.6 is 23.4 Å². The highest BCUT2D eigenvalue weighted by atomic mass is 35.5. The predicted octanol–water partition coefficient (Wildman–Crippen LogP) is 0.310. The highest BCUT2D eigenvalue weighted by Gasteiger charge is 2.58. The van der Waals surface area contributed by atoms with Gasteiger partial charge in [-0.1, -0.05) is 25.9 Å². The molecule has 2 unspecified atom stereocenters. The number of esters is 2. The number of alkyl halides is 1. The van der Waals surface area contributed by atoms with E-state index < -0.39 is 64.8 Å². The zero-order valence-electron chi connectivity index (χ0n) is 20.3. The average Bonchev–Trinajstić information content (AvgIpc) is 2.79. The molecule has 2 rings (SSSR count). The molecule has 2 aliphatic rings. The maximum Gasteiger partial charge on any atom is 0.319 e. The second kappa shape index (κ2) is 12.0. The Kier molecular flexibility index (Phi) is 9.93. The molecule has 2 saturated heterocycles. The quantitative estimate of drug-likeness (QED) is 0.0744. The van der Waals surface area contributed by atoms with Crippen molar-refractivity contribution < 1.29 is 43.0 Å². The number of ether oxygens (including phenoxy) is 3. The van der Waals surface area contributed by atoms with Crippen LogP contribution in [0.5, 0.6) is 0 Å². The summed E-state index contributed by atoms with van der Waals surface area (Å²) in [5.41, 5.74) is -2.01.